The summed E-state index contributed by atoms with van der Waals surface area (Å²) in [5, 5.41) is 5.61. The lowest BCUT2D eigenvalue weighted by Crippen LogP contribution is -2.35. The first-order valence-corrected chi connectivity index (χ1v) is 9.21. The lowest BCUT2D eigenvalue weighted by atomic mass is 10.00. The zero-order valence-electron chi connectivity index (χ0n) is 15.5. The molecular formula is C22H24N2O3. The predicted octanol–water partition coefficient (Wildman–Crippen LogP) is 3.98. The van der Waals surface area contributed by atoms with Crippen LogP contribution in [-0.2, 0) is 4.79 Å². The van der Waals surface area contributed by atoms with Crippen molar-refractivity contribution in [2.24, 2.45) is 0 Å². The van der Waals surface area contributed by atoms with Gasteiger partial charge < -0.3 is 15.1 Å². The highest BCUT2D eigenvalue weighted by Crippen LogP contribution is 2.16. The standard InChI is InChI=1S/C22H24N2O3/c1-16-9-11-18(12-10-16)21(25)24-20(14-19-8-5-13-27-19)22(26)23-15-17-6-3-2-4-7-17/h5-6,8-14H,2-4,7,15H2,1H3,(H,23,26)(H,24,25)/b20-14-. The summed E-state index contributed by atoms with van der Waals surface area (Å²) in [6.07, 6.45) is 9.67. The van der Waals surface area contributed by atoms with Gasteiger partial charge in [0.15, 0.2) is 0 Å². The molecule has 1 aromatic carbocycles. The molecule has 5 nitrogen and oxygen atoms in total. The summed E-state index contributed by atoms with van der Waals surface area (Å²) in [6, 6.07) is 10.7. The molecular weight excluding hydrogens is 340 g/mol. The quantitative estimate of drug-likeness (QED) is 0.602. The van der Waals surface area contributed by atoms with Crippen molar-refractivity contribution in [3.05, 3.63) is 76.9 Å². The minimum absolute atomic E-state index is 0.159. The van der Waals surface area contributed by atoms with Crippen LogP contribution in [0.5, 0.6) is 0 Å². The summed E-state index contributed by atoms with van der Waals surface area (Å²) in [7, 11) is 0. The molecule has 1 heterocycles. The summed E-state index contributed by atoms with van der Waals surface area (Å²) < 4.78 is 5.29. The Balaban J connectivity index is 1.72. The smallest absolute Gasteiger partial charge is 0.268 e. The van der Waals surface area contributed by atoms with Crippen LogP contribution in [0.15, 0.2) is 64.4 Å². The predicted molar refractivity (Wildman–Crippen MR) is 105 cm³/mol. The number of nitrogens with one attached hydrogen (secondary N) is 2. The number of hydrogen-bond acceptors (Lipinski definition) is 3. The van der Waals surface area contributed by atoms with Crippen LogP contribution in [-0.4, -0.2) is 18.4 Å². The average Bonchev–Trinajstić information content (AvgIpc) is 3.20. The van der Waals surface area contributed by atoms with Crippen molar-refractivity contribution in [2.75, 3.05) is 6.54 Å². The third kappa shape index (κ3) is 5.45. The van der Waals surface area contributed by atoms with Gasteiger partial charge in [-0.1, -0.05) is 29.3 Å². The van der Waals surface area contributed by atoms with Crippen molar-refractivity contribution < 1.29 is 14.0 Å². The van der Waals surface area contributed by atoms with Gasteiger partial charge in [-0.05, 0) is 56.9 Å². The number of carbonyl (C=O) groups is 2. The third-order valence-electron chi connectivity index (χ3n) is 4.50. The maximum Gasteiger partial charge on any atom is 0.268 e. The summed E-state index contributed by atoms with van der Waals surface area (Å²) in [4.78, 5) is 25.2. The van der Waals surface area contributed by atoms with E-state index in [-0.39, 0.29) is 17.5 Å². The lowest BCUT2D eigenvalue weighted by Gasteiger charge is -2.15. The van der Waals surface area contributed by atoms with Crippen molar-refractivity contribution >= 4 is 17.9 Å². The maximum absolute atomic E-state index is 12.7. The zero-order valence-corrected chi connectivity index (χ0v) is 15.5. The fraction of sp³-hybridized carbons (Fsp3) is 0.273. The van der Waals surface area contributed by atoms with Crippen LogP contribution in [0, 0.1) is 6.92 Å². The zero-order chi connectivity index (χ0) is 19.1. The molecule has 0 atom stereocenters. The highest BCUT2D eigenvalue weighted by Gasteiger charge is 2.16. The second kappa shape index (κ2) is 9.03. The third-order valence-corrected chi connectivity index (χ3v) is 4.50. The molecule has 0 radical (unpaired) electrons. The van der Waals surface area contributed by atoms with Crippen molar-refractivity contribution in [3.8, 4) is 0 Å². The van der Waals surface area contributed by atoms with Gasteiger partial charge in [-0.3, -0.25) is 9.59 Å². The summed E-state index contributed by atoms with van der Waals surface area (Å²) in [6.45, 7) is 2.45. The van der Waals surface area contributed by atoms with Crippen molar-refractivity contribution in [1.29, 1.82) is 0 Å². The van der Waals surface area contributed by atoms with E-state index in [0.29, 0.717) is 17.9 Å². The Labute approximate surface area is 159 Å². The molecule has 2 amide bonds. The molecule has 0 saturated heterocycles. The number of benzene rings is 1. The first kappa shape index (κ1) is 18.7. The number of amides is 2. The number of allylic oxidation sites excluding steroid dienone is 1. The molecule has 0 bridgehead atoms. The largest absolute Gasteiger partial charge is 0.465 e. The second-order valence-electron chi connectivity index (χ2n) is 6.68. The molecule has 0 aliphatic heterocycles. The van der Waals surface area contributed by atoms with Gasteiger partial charge in [-0.15, -0.1) is 0 Å². The lowest BCUT2D eigenvalue weighted by molar-refractivity contribution is -0.117. The Morgan fingerprint density at radius 3 is 2.63 bits per heavy atom. The van der Waals surface area contributed by atoms with Gasteiger partial charge in [0.05, 0.1) is 6.26 Å². The minimum atomic E-state index is -0.335. The van der Waals surface area contributed by atoms with E-state index >= 15 is 0 Å². The first-order chi connectivity index (χ1) is 13.1. The molecule has 1 aromatic heterocycles. The molecule has 0 unspecified atom stereocenters. The second-order valence-corrected chi connectivity index (χ2v) is 6.68. The number of carbonyl (C=O) groups excluding carboxylic acids is 2. The molecule has 0 fully saturated rings. The van der Waals surface area contributed by atoms with Crippen molar-refractivity contribution in [1.82, 2.24) is 10.6 Å². The molecule has 2 aromatic rings. The van der Waals surface area contributed by atoms with E-state index in [9.17, 15) is 9.59 Å². The van der Waals surface area contributed by atoms with Crippen LogP contribution in [0.4, 0.5) is 0 Å². The molecule has 3 rings (SSSR count). The highest BCUT2D eigenvalue weighted by atomic mass is 16.3. The van der Waals surface area contributed by atoms with Gasteiger partial charge in [0.1, 0.15) is 11.5 Å². The van der Waals surface area contributed by atoms with E-state index in [1.54, 1.807) is 24.3 Å². The monoisotopic (exact) mass is 364 g/mol. The number of rotatable bonds is 6. The van der Waals surface area contributed by atoms with Crippen LogP contribution in [0.2, 0.25) is 0 Å². The summed E-state index contributed by atoms with van der Waals surface area (Å²) in [5.74, 6) is -0.167. The molecule has 1 aliphatic rings. The van der Waals surface area contributed by atoms with E-state index in [1.165, 1.54) is 24.3 Å². The Kier molecular flexibility index (Phi) is 6.26. The number of hydrogen-bond donors (Lipinski definition) is 2. The Morgan fingerprint density at radius 1 is 1.15 bits per heavy atom. The Hall–Kier alpha value is -3.08. The minimum Gasteiger partial charge on any atom is -0.465 e. The molecule has 2 N–H and O–H groups in total. The highest BCUT2D eigenvalue weighted by molar-refractivity contribution is 6.05. The molecule has 0 saturated carbocycles. The Morgan fingerprint density at radius 2 is 1.96 bits per heavy atom. The van der Waals surface area contributed by atoms with E-state index in [0.717, 1.165) is 24.8 Å². The molecule has 140 valence electrons. The van der Waals surface area contributed by atoms with Crippen LogP contribution in [0.25, 0.3) is 6.08 Å². The molecule has 1 aliphatic carbocycles. The SMILES string of the molecule is Cc1ccc(C(=O)N/C(=C\c2ccco2)C(=O)NCC2=CCCCC2)cc1. The summed E-state index contributed by atoms with van der Waals surface area (Å²) in [5.41, 5.74) is 2.95. The molecule has 27 heavy (non-hydrogen) atoms. The van der Waals surface area contributed by atoms with Gasteiger partial charge in [-0.25, -0.2) is 0 Å². The molecule has 5 heteroatoms. The first-order valence-electron chi connectivity index (χ1n) is 9.21. The maximum atomic E-state index is 12.7. The molecule has 0 spiro atoms. The normalized spacial score (nSPS) is 14.4. The van der Waals surface area contributed by atoms with Gasteiger partial charge >= 0.3 is 0 Å². The van der Waals surface area contributed by atoms with Crippen LogP contribution < -0.4 is 10.6 Å². The topological polar surface area (TPSA) is 71.3 Å². The number of furan rings is 1. The number of aryl methyl sites for hydroxylation is 1. The van der Waals surface area contributed by atoms with Gasteiger partial charge in [0.25, 0.3) is 11.8 Å². The van der Waals surface area contributed by atoms with E-state index < -0.39 is 0 Å². The van der Waals surface area contributed by atoms with E-state index in [4.69, 9.17) is 4.42 Å². The van der Waals surface area contributed by atoms with Crippen molar-refractivity contribution in [2.45, 2.75) is 32.6 Å². The summed E-state index contributed by atoms with van der Waals surface area (Å²) >= 11 is 0. The van der Waals surface area contributed by atoms with E-state index in [1.807, 2.05) is 19.1 Å². The Bertz CT molecular complexity index is 846. The van der Waals surface area contributed by atoms with Gasteiger partial charge in [-0.2, -0.15) is 0 Å². The van der Waals surface area contributed by atoms with Crippen LogP contribution in [0.3, 0.4) is 0 Å². The van der Waals surface area contributed by atoms with Gasteiger partial charge in [0.2, 0.25) is 0 Å². The van der Waals surface area contributed by atoms with Gasteiger partial charge in [0, 0.05) is 18.2 Å². The van der Waals surface area contributed by atoms with E-state index in [2.05, 4.69) is 16.7 Å². The van der Waals surface area contributed by atoms with Crippen molar-refractivity contribution in [3.63, 3.8) is 0 Å². The van der Waals surface area contributed by atoms with Crippen LogP contribution in [0.1, 0.15) is 47.4 Å². The fourth-order valence-electron chi connectivity index (χ4n) is 2.93. The average molecular weight is 364 g/mol. The fourth-order valence-corrected chi connectivity index (χ4v) is 2.93. The van der Waals surface area contributed by atoms with Crippen LogP contribution >= 0.6 is 0 Å².